The zero-order chi connectivity index (χ0) is 24.4. The topological polar surface area (TPSA) is 40.5 Å². The summed E-state index contributed by atoms with van der Waals surface area (Å²) in [5, 5.41) is 17.2. The first-order chi connectivity index (χ1) is 15.4. The van der Waals surface area contributed by atoms with Crippen molar-refractivity contribution in [3.63, 3.8) is 0 Å². The van der Waals surface area contributed by atoms with Crippen LogP contribution in [0.15, 0.2) is 66.7 Å². The summed E-state index contributed by atoms with van der Waals surface area (Å²) in [5.41, 5.74) is 3.92. The molecule has 0 radical (unpaired) electrons. The van der Waals surface area contributed by atoms with Crippen molar-refractivity contribution in [3.05, 3.63) is 94.6 Å². The third-order valence-corrected chi connectivity index (χ3v) is 5.20. The van der Waals surface area contributed by atoms with Gasteiger partial charge in [-0.3, -0.25) is 0 Å². The predicted molar refractivity (Wildman–Crippen MR) is 116 cm³/mol. The largest absolute Gasteiger partial charge is 0.488 e. The molecule has 0 fully saturated rings. The van der Waals surface area contributed by atoms with Gasteiger partial charge in [0.25, 0.3) is 0 Å². The van der Waals surface area contributed by atoms with E-state index in [1.807, 2.05) is 13.0 Å². The molecule has 1 aliphatic rings. The van der Waals surface area contributed by atoms with Gasteiger partial charge in [-0.2, -0.15) is 26.3 Å². The number of rotatable bonds is 2. The molecule has 0 aliphatic heterocycles. The average molecular weight is 464 g/mol. The number of alkyl halides is 6. The SMILES string of the molecule is Cc1ccc2c(c1-c1ccc(C(F)(F)F)cc1)C=CC2.OB(O)c1ccc(C(F)(F)F)cc1. The Bertz CT molecular complexity index is 1130. The first kappa shape index (κ1) is 24.6. The lowest BCUT2D eigenvalue weighted by molar-refractivity contribution is -0.138. The summed E-state index contributed by atoms with van der Waals surface area (Å²) in [6, 6.07) is 13.1. The number of hydrogen-bond donors (Lipinski definition) is 2. The number of fused-ring (bicyclic) bond motifs is 1. The standard InChI is InChI=1S/C17H13F3.C7H6BF3O2/c1-11-5-6-12-3-2-4-15(12)16(11)13-7-9-14(10-8-13)17(18,19)20;9-7(10,11)5-1-3-6(4-2-5)8(12)13/h2,4-10H,3H2,1H3;1-4,12-13H. The van der Waals surface area contributed by atoms with Gasteiger partial charge in [0.05, 0.1) is 11.1 Å². The second kappa shape index (κ2) is 9.45. The van der Waals surface area contributed by atoms with Crippen molar-refractivity contribution < 1.29 is 36.4 Å². The first-order valence-electron chi connectivity index (χ1n) is 9.88. The van der Waals surface area contributed by atoms with Gasteiger partial charge in [-0.15, -0.1) is 0 Å². The fourth-order valence-electron chi connectivity index (χ4n) is 3.50. The van der Waals surface area contributed by atoms with Crippen molar-refractivity contribution in [1.82, 2.24) is 0 Å². The van der Waals surface area contributed by atoms with Gasteiger partial charge in [0, 0.05) is 0 Å². The third-order valence-electron chi connectivity index (χ3n) is 5.20. The highest BCUT2D eigenvalue weighted by Gasteiger charge is 2.31. The summed E-state index contributed by atoms with van der Waals surface area (Å²) in [7, 11) is -1.73. The number of halogens is 6. The molecule has 0 saturated carbocycles. The first-order valence-corrected chi connectivity index (χ1v) is 9.88. The van der Waals surface area contributed by atoms with E-state index in [0.29, 0.717) is 0 Å². The minimum atomic E-state index is -4.39. The number of hydrogen-bond acceptors (Lipinski definition) is 2. The molecule has 33 heavy (non-hydrogen) atoms. The summed E-state index contributed by atoms with van der Waals surface area (Å²) in [6.45, 7) is 1.99. The Kier molecular flexibility index (Phi) is 7.04. The van der Waals surface area contributed by atoms with E-state index in [0.717, 1.165) is 65.1 Å². The maximum atomic E-state index is 12.6. The van der Waals surface area contributed by atoms with Crippen LogP contribution in [-0.2, 0) is 18.8 Å². The molecule has 0 amide bonds. The van der Waals surface area contributed by atoms with Gasteiger partial charge in [0.2, 0.25) is 0 Å². The van der Waals surface area contributed by atoms with Crippen LogP contribution in [-0.4, -0.2) is 17.2 Å². The van der Waals surface area contributed by atoms with E-state index in [1.54, 1.807) is 12.1 Å². The van der Waals surface area contributed by atoms with E-state index in [2.05, 4.69) is 18.2 Å². The quantitative estimate of drug-likeness (QED) is 0.381. The van der Waals surface area contributed by atoms with E-state index in [-0.39, 0.29) is 5.46 Å². The lowest BCUT2D eigenvalue weighted by Crippen LogP contribution is -2.29. The number of allylic oxidation sites excluding steroid dienone is 1. The van der Waals surface area contributed by atoms with E-state index < -0.39 is 30.6 Å². The number of aryl methyl sites for hydroxylation is 1. The summed E-state index contributed by atoms with van der Waals surface area (Å²) < 4.78 is 73.8. The van der Waals surface area contributed by atoms with Crippen molar-refractivity contribution in [2.24, 2.45) is 0 Å². The molecule has 0 bridgehead atoms. The van der Waals surface area contributed by atoms with E-state index in [9.17, 15) is 26.3 Å². The van der Waals surface area contributed by atoms with Gasteiger partial charge in [-0.1, -0.05) is 60.7 Å². The normalized spacial score (nSPS) is 12.8. The van der Waals surface area contributed by atoms with Crippen LogP contribution in [0, 0.1) is 6.92 Å². The Morgan fingerprint density at radius 3 is 1.73 bits per heavy atom. The lowest BCUT2D eigenvalue weighted by atomic mass is 9.80. The van der Waals surface area contributed by atoms with E-state index in [1.165, 1.54) is 5.56 Å². The minimum absolute atomic E-state index is 0.0352. The molecule has 0 unspecified atom stereocenters. The molecule has 0 atom stereocenters. The second-order valence-corrected chi connectivity index (χ2v) is 7.51. The summed E-state index contributed by atoms with van der Waals surface area (Å²) in [4.78, 5) is 0. The molecule has 0 aromatic heterocycles. The molecular weight excluding hydrogens is 445 g/mol. The second-order valence-electron chi connectivity index (χ2n) is 7.51. The van der Waals surface area contributed by atoms with Crippen molar-refractivity contribution in [2.75, 3.05) is 0 Å². The molecule has 0 saturated heterocycles. The maximum Gasteiger partial charge on any atom is 0.488 e. The molecule has 2 N–H and O–H groups in total. The van der Waals surface area contributed by atoms with Gasteiger partial charge >= 0.3 is 19.5 Å². The highest BCUT2D eigenvalue weighted by molar-refractivity contribution is 6.58. The summed E-state index contributed by atoms with van der Waals surface area (Å²) >= 11 is 0. The van der Waals surface area contributed by atoms with Crippen LogP contribution in [0.5, 0.6) is 0 Å². The molecule has 172 valence electrons. The molecule has 0 spiro atoms. The van der Waals surface area contributed by atoms with Gasteiger partial charge in [-0.05, 0) is 58.8 Å². The van der Waals surface area contributed by atoms with Crippen molar-refractivity contribution in [3.8, 4) is 11.1 Å². The molecule has 3 aromatic rings. The number of benzene rings is 3. The molecule has 2 nitrogen and oxygen atoms in total. The molecule has 1 aliphatic carbocycles. The van der Waals surface area contributed by atoms with Crippen LogP contribution in [0.2, 0.25) is 0 Å². The Hall–Kier alpha value is -3.04. The van der Waals surface area contributed by atoms with Crippen molar-refractivity contribution in [2.45, 2.75) is 25.7 Å². The van der Waals surface area contributed by atoms with Crippen molar-refractivity contribution in [1.29, 1.82) is 0 Å². The van der Waals surface area contributed by atoms with Crippen LogP contribution in [0.1, 0.15) is 27.8 Å². The Morgan fingerprint density at radius 2 is 1.24 bits per heavy atom. The van der Waals surface area contributed by atoms with Crippen LogP contribution in [0.25, 0.3) is 17.2 Å². The highest BCUT2D eigenvalue weighted by Crippen LogP contribution is 2.36. The van der Waals surface area contributed by atoms with Crippen LogP contribution >= 0.6 is 0 Å². The van der Waals surface area contributed by atoms with E-state index >= 15 is 0 Å². The monoisotopic (exact) mass is 464 g/mol. The Labute approximate surface area is 187 Å². The summed E-state index contributed by atoms with van der Waals surface area (Å²) in [6.07, 6.45) is -3.65. The van der Waals surface area contributed by atoms with Crippen molar-refractivity contribution >= 4 is 18.7 Å². The molecular formula is C24H19BF6O2. The summed E-state index contributed by atoms with van der Waals surface area (Å²) in [5.74, 6) is 0. The molecule has 9 heteroatoms. The van der Waals surface area contributed by atoms with Gasteiger partial charge in [0.15, 0.2) is 0 Å². The van der Waals surface area contributed by atoms with Crippen LogP contribution in [0.4, 0.5) is 26.3 Å². The zero-order valence-electron chi connectivity index (χ0n) is 17.4. The van der Waals surface area contributed by atoms with Crippen LogP contribution in [0.3, 0.4) is 0 Å². The van der Waals surface area contributed by atoms with Gasteiger partial charge in [-0.25, -0.2) is 0 Å². The average Bonchev–Trinajstić information content (AvgIpc) is 3.22. The Morgan fingerprint density at radius 1 is 0.727 bits per heavy atom. The van der Waals surface area contributed by atoms with Gasteiger partial charge < -0.3 is 10.0 Å². The highest BCUT2D eigenvalue weighted by atomic mass is 19.4. The predicted octanol–water partition coefficient (Wildman–Crippen LogP) is 5.64. The fraction of sp³-hybridized carbons (Fsp3) is 0.167. The minimum Gasteiger partial charge on any atom is -0.423 e. The van der Waals surface area contributed by atoms with E-state index in [4.69, 9.17) is 10.0 Å². The molecule has 3 aromatic carbocycles. The smallest absolute Gasteiger partial charge is 0.423 e. The molecule has 4 rings (SSSR count). The fourth-order valence-corrected chi connectivity index (χ4v) is 3.50. The van der Waals surface area contributed by atoms with Gasteiger partial charge in [0.1, 0.15) is 0 Å². The zero-order valence-corrected chi connectivity index (χ0v) is 17.4. The Balaban J connectivity index is 0.000000205. The van der Waals surface area contributed by atoms with Crippen LogP contribution < -0.4 is 5.46 Å². The molecule has 0 heterocycles. The third kappa shape index (κ3) is 5.86. The lowest BCUT2D eigenvalue weighted by Gasteiger charge is -2.13. The maximum absolute atomic E-state index is 12.6.